The fourth-order valence-corrected chi connectivity index (χ4v) is 3.50. The molecule has 2 nitrogen and oxygen atoms in total. The molecule has 0 radical (unpaired) electrons. The number of nitriles is 1. The number of halogens is 1. The number of hydrogen-bond acceptors (Lipinski definition) is 2. The van der Waals surface area contributed by atoms with E-state index in [2.05, 4.69) is 11.8 Å². The van der Waals surface area contributed by atoms with Gasteiger partial charge in [0.2, 0.25) is 0 Å². The quantitative estimate of drug-likeness (QED) is 0.298. The van der Waals surface area contributed by atoms with E-state index in [4.69, 9.17) is 5.26 Å². The number of carbonyl (C=O) groups is 1. The van der Waals surface area contributed by atoms with Crippen LogP contribution in [0.2, 0.25) is 0 Å². The molecule has 0 N–H and O–H groups in total. The topological polar surface area (TPSA) is 40.9 Å². The Labute approximate surface area is 186 Å². The summed E-state index contributed by atoms with van der Waals surface area (Å²) in [6.45, 7) is 0. The molecule has 0 saturated heterocycles. The number of ketones is 1. The van der Waals surface area contributed by atoms with Crippen molar-refractivity contribution in [1.29, 1.82) is 5.26 Å². The van der Waals surface area contributed by atoms with Crippen LogP contribution in [0.1, 0.15) is 44.1 Å². The number of nitrogens with zero attached hydrogens (tertiary/aromatic N) is 1. The Bertz CT molecular complexity index is 1340. The van der Waals surface area contributed by atoms with Gasteiger partial charge in [-0.25, -0.2) is 4.39 Å². The zero-order valence-corrected chi connectivity index (χ0v) is 17.1. The van der Waals surface area contributed by atoms with Gasteiger partial charge in [0.25, 0.3) is 0 Å². The summed E-state index contributed by atoms with van der Waals surface area (Å²) in [5.41, 5.74) is 3.70. The van der Waals surface area contributed by atoms with Crippen LogP contribution in [0.4, 0.5) is 4.39 Å². The monoisotopic (exact) mass is 415 g/mol. The second-order valence-electron chi connectivity index (χ2n) is 7.25. The number of hydrogen-bond donors (Lipinski definition) is 0. The molecule has 0 aromatic heterocycles. The van der Waals surface area contributed by atoms with E-state index < -0.39 is 11.7 Å². The third-order valence-electron chi connectivity index (χ3n) is 5.14. The lowest BCUT2D eigenvalue weighted by Crippen LogP contribution is -2.14. The highest BCUT2D eigenvalue weighted by Gasteiger charge is 2.23. The first kappa shape index (κ1) is 20.8. The van der Waals surface area contributed by atoms with Crippen LogP contribution in [0.15, 0.2) is 103 Å². The van der Waals surface area contributed by atoms with Crippen LogP contribution in [0.25, 0.3) is 0 Å². The molecule has 0 aliphatic rings. The third-order valence-corrected chi connectivity index (χ3v) is 5.14. The van der Waals surface area contributed by atoms with Gasteiger partial charge >= 0.3 is 0 Å². The highest BCUT2D eigenvalue weighted by atomic mass is 19.1. The summed E-state index contributed by atoms with van der Waals surface area (Å²) < 4.78 is 13.8. The smallest absolute Gasteiger partial charge is 0.174 e. The van der Waals surface area contributed by atoms with Crippen molar-refractivity contribution in [3.8, 4) is 17.9 Å². The van der Waals surface area contributed by atoms with Gasteiger partial charge < -0.3 is 0 Å². The van der Waals surface area contributed by atoms with Crippen molar-refractivity contribution in [3.63, 3.8) is 0 Å². The predicted octanol–water partition coefficient (Wildman–Crippen LogP) is 6.11. The average Bonchev–Trinajstić information content (AvgIpc) is 2.85. The maximum atomic E-state index is 13.8. The predicted molar refractivity (Wildman–Crippen MR) is 123 cm³/mol. The van der Waals surface area contributed by atoms with Gasteiger partial charge in [-0.05, 0) is 41.5 Å². The van der Waals surface area contributed by atoms with E-state index in [1.807, 2.05) is 84.9 Å². The third kappa shape index (κ3) is 4.64. The Morgan fingerprint density at radius 3 is 1.91 bits per heavy atom. The molecule has 32 heavy (non-hydrogen) atoms. The first-order valence-electron chi connectivity index (χ1n) is 10.1. The molecule has 1 unspecified atom stereocenters. The molecular formula is C29H18FNO. The molecule has 0 fully saturated rings. The van der Waals surface area contributed by atoms with Crippen LogP contribution in [0.5, 0.6) is 0 Å². The van der Waals surface area contributed by atoms with E-state index in [-0.39, 0.29) is 11.3 Å². The van der Waals surface area contributed by atoms with E-state index in [1.54, 1.807) is 12.1 Å². The molecule has 152 valence electrons. The number of carbonyl (C=O) groups excluding carboxylic acids is 1. The maximum absolute atomic E-state index is 13.8. The second kappa shape index (κ2) is 9.56. The van der Waals surface area contributed by atoms with Gasteiger partial charge in [-0.1, -0.05) is 84.6 Å². The Balaban J connectivity index is 1.64. The SMILES string of the molecule is N#Cc1ccc(C#Cc2ccc(C(C(=O)c3ccccc3)c3ccccc3)cc2)cc1F. The van der Waals surface area contributed by atoms with Crippen molar-refractivity contribution in [2.75, 3.05) is 0 Å². The first-order valence-corrected chi connectivity index (χ1v) is 10.1. The number of rotatable bonds is 4. The molecule has 3 heteroatoms. The van der Waals surface area contributed by atoms with Gasteiger partial charge in [-0.3, -0.25) is 4.79 Å². The van der Waals surface area contributed by atoms with E-state index in [9.17, 15) is 9.18 Å². The van der Waals surface area contributed by atoms with Crippen LogP contribution in [0, 0.1) is 29.0 Å². The molecule has 0 spiro atoms. The lowest BCUT2D eigenvalue weighted by atomic mass is 9.84. The van der Waals surface area contributed by atoms with Crippen LogP contribution in [-0.2, 0) is 0 Å². The average molecular weight is 415 g/mol. The normalized spacial score (nSPS) is 11.0. The van der Waals surface area contributed by atoms with Crippen LogP contribution < -0.4 is 0 Å². The van der Waals surface area contributed by atoms with E-state index in [1.165, 1.54) is 12.1 Å². The minimum atomic E-state index is -0.584. The minimum Gasteiger partial charge on any atom is -0.293 e. The molecule has 0 heterocycles. The van der Waals surface area contributed by atoms with Crippen molar-refractivity contribution >= 4 is 5.78 Å². The largest absolute Gasteiger partial charge is 0.293 e. The van der Waals surface area contributed by atoms with Crippen molar-refractivity contribution < 1.29 is 9.18 Å². The molecule has 1 atom stereocenters. The summed E-state index contributed by atoms with van der Waals surface area (Å²) in [7, 11) is 0. The standard InChI is InChI=1S/C29H18FNO/c30-27-19-22(15-18-26(27)20-31)12-11-21-13-16-24(17-14-21)28(23-7-3-1-4-8-23)29(32)25-9-5-2-6-10-25/h1-10,13-19,28H. The van der Waals surface area contributed by atoms with Crippen molar-refractivity contribution in [2.45, 2.75) is 5.92 Å². The van der Waals surface area contributed by atoms with Crippen LogP contribution in [0.3, 0.4) is 0 Å². The fourth-order valence-electron chi connectivity index (χ4n) is 3.50. The summed E-state index contributed by atoms with van der Waals surface area (Å²) in [4.78, 5) is 13.3. The van der Waals surface area contributed by atoms with Gasteiger partial charge in [0.15, 0.2) is 5.78 Å². The molecule has 4 aromatic rings. The van der Waals surface area contributed by atoms with E-state index in [0.717, 1.165) is 16.7 Å². The van der Waals surface area contributed by atoms with Crippen molar-refractivity contribution in [1.82, 2.24) is 0 Å². The molecule has 0 aliphatic carbocycles. The van der Waals surface area contributed by atoms with Crippen molar-refractivity contribution in [2.24, 2.45) is 0 Å². The van der Waals surface area contributed by atoms with Crippen LogP contribution >= 0.6 is 0 Å². The maximum Gasteiger partial charge on any atom is 0.174 e. The summed E-state index contributed by atoms with van der Waals surface area (Å²) in [5, 5.41) is 8.83. The van der Waals surface area contributed by atoms with Gasteiger partial charge in [-0.15, -0.1) is 0 Å². The molecule has 0 amide bonds. The van der Waals surface area contributed by atoms with Crippen molar-refractivity contribution in [3.05, 3.63) is 142 Å². The zero-order chi connectivity index (χ0) is 22.3. The fraction of sp³-hybridized carbons (Fsp3) is 0.0345. The molecule has 0 aliphatic heterocycles. The molecule has 0 saturated carbocycles. The summed E-state index contributed by atoms with van der Waals surface area (Å²) in [6.07, 6.45) is 0. The summed E-state index contributed by atoms with van der Waals surface area (Å²) in [6, 6.07) is 32.6. The number of benzene rings is 4. The number of Topliss-reactive ketones (excluding diaryl/α,β-unsaturated/α-hetero) is 1. The molecule has 4 rings (SSSR count). The minimum absolute atomic E-state index is 0.00469. The van der Waals surface area contributed by atoms with E-state index >= 15 is 0 Å². The Morgan fingerprint density at radius 2 is 1.28 bits per heavy atom. The van der Waals surface area contributed by atoms with Gasteiger partial charge in [0, 0.05) is 16.7 Å². The summed E-state index contributed by atoms with van der Waals surface area (Å²) >= 11 is 0. The Morgan fingerprint density at radius 1 is 0.719 bits per heavy atom. The highest BCUT2D eigenvalue weighted by molar-refractivity contribution is 6.03. The van der Waals surface area contributed by atoms with Gasteiger partial charge in [0.1, 0.15) is 11.9 Å². The van der Waals surface area contributed by atoms with E-state index in [0.29, 0.717) is 11.1 Å². The Hall–Kier alpha value is -4.47. The molecule has 0 bridgehead atoms. The Kier molecular flexibility index (Phi) is 6.21. The zero-order valence-electron chi connectivity index (χ0n) is 17.1. The summed E-state index contributed by atoms with van der Waals surface area (Å²) in [5.74, 6) is 4.95. The first-order chi connectivity index (χ1) is 15.7. The van der Waals surface area contributed by atoms with Gasteiger partial charge in [0.05, 0.1) is 11.5 Å². The lowest BCUT2D eigenvalue weighted by Gasteiger charge is -2.17. The molecule has 4 aromatic carbocycles. The molecular weight excluding hydrogens is 397 g/mol. The highest BCUT2D eigenvalue weighted by Crippen LogP contribution is 2.29. The van der Waals surface area contributed by atoms with Gasteiger partial charge in [-0.2, -0.15) is 5.26 Å². The lowest BCUT2D eigenvalue weighted by molar-refractivity contribution is 0.0974. The van der Waals surface area contributed by atoms with Crippen LogP contribution in [-0.4, -0.2) is 5.78 Å². The second-order valence-corrected chi connectivity index (χ2v) is 7.25.